The zero-order valence-electron chi connectivity index (χ0n) is 14.2. The average Bonchev–Trinajstić information content (AvgIpc) is 2.91. The fourth-order valence-electron chi connectivity index (χ4n) is 3.00. The molecule has 1 aliphatic rings. The molecule has 25 heavy (non-hydrogen) atoms. The molecule has 1 amide bonds. The van der Waals surface area contributed by atoms with E-state index < -0.39 is 0 Å². The van der Waals surface area contributed by atoms with Gasteiger partial charge in [-0.2, -0.15) is 0 Å². The number of rotatable bonds is 2. The first-order valence-corrected chi connectivity index (χ1v) is 8.80. The van der Waals surface area contributed by atoms with E-state index in [1.165, 1.54) is 11.3 Å². The number of hydrogen-bond donors (Lipinski definition) is 1. The molecule has 0 saturated heterocycles. The third-order valence-electron chi connectivity index (χ3n) is 4.09. The van der Waals surface area contributed by atoms with Crippen molar-refractivity contribution in [3.63, 3.8) is 0 Å². The summed E-state index contributed by atoms with van der Waals surface area (Å²) in [5.41, 5.74) is 2.48. The summed E-state index contributed by atoms with van der Waals surface area (Å²) in [6, 6.07) is 5.40. The monoisotopic (exact) mass is 355 g/mol. The zero-order chi connectivity index (χ0) is 17.6. The molecule has 0 aliphatic carbocycles. The number of amides is 1. The Balaban J connectivity index is 1.66. The van der Waals surface area contributed by atoms with Gasteiger partial charge < -0.3 is 14.8 Å². The van der Waals surface area contributed by atoms with Crippen molar-refractivity contribution < 1.29 is 14.3 Å². The number of nitrogens with zero attached hydrogens (tertiary/aromatic N) is 2. The maximum Gasteiger partial charge on any atom is 0.266 e. The van der Waals surface area contributed by atoms with E-state index in [9.17, 15) is 4.79 Å². The fraction of sp³-hybridized carbons (Fsp3) is 0.278. The third kappa shape index (κ3) is 2.80. The number of carbonyl (C=O) groups excluding carboxylic acids is 1. The maximum absolute atomic E-state index is 12.7. The molecule has 0 bridgehead atoms. The van der Waals surface area contributed by atoms with Gasteiger partial charge in [-0.25, -0.2) is 9.97 Å². The Morgan fingerprint density at radius 2 is 1.88 bits per heavy atom. The van der Waals surface area contributed by atoms with Crippen molar-refractivity contribution in [3.05, 3.63) is 40.2 Å². The Hall–Kier alpha value is -2.67. The zero-order valence-corrected chi connectivity index (χ0v) is 15.0. The van der Waals surface area contributed by atoms with Crippen molar-refractivity contribution in [2.45, 2.75) is 20.8 Å². The van der Waals surface area contributed by atoms with E-state index >= 15 is 0 Å². The lowest BCUT2D eigenvalue weighted by atomic mass is 10.1. The minimum Gasteiger partial charge on any atom is -0.486 e. The molecule has 2 aromatic heterocycles. The first-order valence-electron chi connectivity index (χ1n) is 7.98. The number of carbonyl (C=O) groups is 1. The predicted octanol–water partition coefficient (Wildman–Crippen LogP) is 3.64. The van der Waals surface area contributed by atoms with Gasteiger partial charge in [-0.05, 0) is 38.5 Å². The van der Waals surface area contributed by atoms with Gasteiger partial charge in [0, 0.05) is 22.8 Å². The van der Waals surface area contributed by atoms with Crippen LogP contribution in [0.5, 0.6) is 11.5 Å². The molecular formula is C18H17N3O3S. The molecule has 0 unspecified atom stereocenters. The molecule has 128 valence electrons. The number of ether oxygens (including phenoxy) is 2. The van der Waals surface area contributed by atoms with E-state index in [1.54, 1.807) is 12.1 Å². The summed E-state index contributed by atoms with van der Waals surface area (Å²) in [5.74, 6) is 1.90. The standard InChI is InChI=1S/C18H17N3O3S/c1-9-15-10(2)19-11(3)20-18(15)25-16(9)17(22)21-12-4-5-13-14(8-12)24-7-6-23-13/h4-5,8H,6-7H2,1-3H3,(H,21,22). The van der Waals surface area contributed by atoms with Crippen LogP contribution in [-0.4, -0.2) is 29.1 Å². The second kappa shape index (κ2) is 6.00. The number of anilines is 1. The molecule has 0 spiro atoms. The van der Waals surface area contributed by atoms with Crippen LogP contribution in [-0.2, 0) is 0 Å². The maximum atomic E-state index is 12.7. The van der Waals surface area contributed by atoms with Gasteiger partial charge in [0.2, 0.25) is 0 Å². The van der Waals surface area contributed by atoms with E-state index in [2.05, 4.69) is 15.3 Å². The second-order valence-electron chi connectivity index (χ2n) is 5.91. The lowest BCUT2D eigenvalue weighted by Crippen LogP contribution is -2.16. The van der Waals surface area contributed by atoms with E-state index in [-0.39, 0.29) is 5.91 Å². The molecule has 7 heteroatoms. The number of aryl methyl sites for hydroxylation is 3. The molecule has 3 heterocycles. The molecule has 6 nitrogen and oxygen atoms in total. The molecule has 1 aliphatic heterocycles. The van der Waals surface area contributed by atoms with Gasteiger partial charge in [0.15, 0.2) is 11.5 Å². The Labute approximate surface area is 148 Å². The van der Waals surface area contributed by atoms with Gasteiger partial charge in [-0.1, -0.05) is 0 Å². The van der Waals surface area contributed by atoms with Gasteiger partial charge in [0.1, 0.15) is 23.9 Å². The Morgan fingerprint density at radius 3 is 2.68 bits per heavy atom. The Morgan fingerprint density at radius 1 is 1.12 bits per heavy atom. The van der Waals surface area contributed by atoms with Crippen LogP contribution in [0.15, 0.2) is 18.2 Å². The summed E-state index contributed by atoms with van der Waals surface area (Å²) in [7, 11) is 0. The SMILES string of the molecule is Cc1nc(C)c2c(C)c(C(=O)Nc3ccc4c(c3)OCCO4)sc2n1. The molecule has 1 aromatic carbocycles. The van der Waals surface area contributed by atoms with Crippen molar-refractivity contribution in [1.82, 2.24) is 9.97 Å². The van der Waals surface area contributed by atoms with E-state index in [1.807, 2.05) is 26.8 Å². The lowest BCUT2D eigenvalue weighted by molar-refractivity contribution is 0.103. The molecular weight excluding hydrogens is 338 g/mol. The normalized spacial score (nSPS) is 13.1. The summed E-state index contributed by atoms with van der Waals surface area (Å²) in [6.07, 6.45) is 0. The quantitative estimate of drug-likeness (QED) is 0.760. The van der Waals surface area contributed by atoms with Crippen molar-refractivity contribution >= 4 is 33.1 Å². The number of nitrogens with one attached hydrogen (secondary N) is 1. The number of benzene rings is 1. The highest BCUT2D eigenvalue weighted by Gasteiger charge is 2.20. The summed E-state index contributed by atoms with van der Waals surface area (Å²) in [5, 5.41) is 3.89. The minimum atomic E-state index is -0.158. The van der Waals surface area contributed by atoms with E-state index in [0.29, 0.717) is 41.1 Å². The van der Waals surface area contributed by atoms with Crippen LogP contribution in [0.25, 0.3) is 10.2 Å². The van der Waals surface area contributed by atoms with Gasteiger partial charge >= 0.3 is 0 Å². The number of fused-ring (bicyclic) bond motifs is 2. The summed E-state index contributed by atoms with van der Waals surface area (Å²) < 4.78 is 11.1. The second-order valence-corrected chi connectivity index (χ2v) is 6.90. The van der Waals surface area contributed by atoms with Gasteiger partial charge in [0.05, 0.1) is 4.88 Å². The van der Waals surface area contributed by atoms with Crippen LogP contribution in [0.2, 0.25) is 0 Å². The Bertz CT molecular complexity index is 997. The third-order valence-corrected chi connectivity index (χ3v) is 5.27. The molecule has 0 fully saturated rings. The van der Waals surface area contributed by atoms with Crippen LogP contribution < -0.4 is 14.8 Å². The predicted molar refractivity (Wildman–Crippen MR) is 97.0 cm³/mol. The fourth-order valence-corrected chi connectivity index (χ4v) is 4.17. The van der Waals surface area contributed by atoms with E-state index in [4.69, 9.17) is 9.47 Å². The lowest BCUT2D eigenvalue weighted by Gasteiger charge is -2.18. The first kappa shape index (κ1) is 15.8. The highest BCUT2D eigenvalue weighted by Crippen LogP contribution is 2.34. The van der Waals surface area contributed by atoms with Crippen LogP contribution >= 0.6 is 11.3 Å². The van der Waals surface area contributed by atoms with Gasteiger partial charge in [0.25, 0.3) is 5.91 Å². The topological polar surface area (TPSA) is 73.3 Å². The van der Waals surface area contributed by atoms with Gasteiger partial charge in [-0.15, -0.1) is 11.3 Å². The largest absolute Gasteiger partial charge is 0.486 e. The summed E-state index contributed by atoms with van der Waals surface area (Å²) in [6.45, 7) is 6.79. The molecule has 1 N–H and O–H groups in total. The van der Waals surface area contributed by atoms with Crippen LogP contribution in [0.3, 0.4) is 0 Å². The number of aromatic nitrogens is 2. The van der Waals surface area contributed by atoms with Crippen molar-refractivity contribution in [1.29, 1.82) is 0 Å². The number of thiophene rings is 1. The highest BCUT2D eigenvalue weighted by atomic mass is 32.1. The molecule has 0 radical (unpaired) electrons. The summed E-state index contributed by atoms with van der Waals surface area (Å²) in [4.78, 5) is 23.1. The minimum absolute atomic E-state index is 0.158. The molecule has 4 rings (SSSR count). The van der Waals surface area contributed by atoms with Crippen LogP contribution in [0.1, 0.15) is 26.8 Å². The van der Waals surface area contributed by atoms with Crippen molar-refractivity contribution in [3.8, 4) is 11.5 Å². The summed E-state index contributed by atoms with van der Waals surface area (Å²) >= 11 is 1.39. The molecule has 0 atom stereocenters. The Kier molecular flexibility index (Phi) is 3.80. The number of hydrogen-bond acceptors (Lipinski definition) is 6. The molecule has 0 saturated carbocycles. The smallest absolute Gasteiger partial charge is 0.266 e. The van der Waals surface area contributed by atoms with Crippen LogP contribution in [0, 0.1) is 20.8 Å². The average molecular weight is 355 g/mol. The first-order chi connectivity index (χ1) is 12.0. The van der Waals surface area contributed by atoms with E-state index in [0.717, 1.165) is 21.5 Å². The van der Waals surface area contributed by atoms with Crippen LogP contribution in [0.4, 0.5) is 5.69 Å². The highest BCUT2D eigenvalue weighted by molar-refractivity contribution is 7.20. The van der Waals surface area contributed by atoms with Crippen molar-refractivity contribution in [2.75, 3.05) is 18.5 Å². The van der Waals surface area contributed by atoms with Crippen molar-refractivity contribution in [2.24, 2.45) is 0 Å². The molecule has 3 aromatic rings. The van der Waals surface area contributed by atoms with Gasteiger partial charge in [-0.3, -0.25) is 4.79 Å².